The Hall–Kier alpha value is -0.400. The van der Waals surface area contributed by atoms with Crippen molar-refractivity contribution >= 4 is 0 Å². The van der Waals surface area contributed by atoms with Crippen LogP contribution in [0.2, 0.25) is 0 Å². The van der Waals surface area contributed by atoms with E-state index >= 15 is 0 Å². The van der Waals surface area contributed by atoms with Crippen molar-refractivity contribution in [2.75, 3.05) is 6.54 Å². The third-order valence-corrected chi connectivity index (χ3v) is 5.76. The van der Waals surface area contributed by atoms with Crippen LogP contribution in [0.15, 0.2) is 5.18 Å². The Morgan fingerprint density at radius 1 is 0.500 bits per heavy atom. The van der Waals surface area contributed by atoms with Crippen molar-refractivity contribution in [3.8, 4) is 0 Å². The molecule has 0 fully saturated rings. The van der Waals surface area contributed by atoms with Crippen molar-refractivity contribution in [1.82, 2.24) is 0 Å². The lowest BCUT2D eigenvalue weighted by molar-refractivity contribution is 0.409. The van der Waals surface area contributed by atoms with Gasteiger partial charge >= 0.3 is 0 Å². The standard InChI is InChI=1S/C24H49NO/c1-3-5-7-9-11-13-15-17-19-21-24(23-25-26)22-20-18-16-14-12-10-8-6-4-2/h24H,3-23H2,1-2H3. The maximum atomic E-state index is 10.7. The van der Waals surface area contributed by atoms with E-state index in [1.807, 2.05) is 0 Å². The molecular weight excluding hydrogens is 318 g/mol. The predicted molar refractivity (Wildman–Crippen MR) is 118 cm³/mol. The quantitative estimate of drug-likeness (QED) is 0.138. The van der Waals surface area contributed by atoms with Gasteiger partial charge in [-0.15, -0.1) is 0 Å². The van der Waals surface area contributed by atoms with E-state index in [1.165, 1.54) is 128 Å². The number of unbranched alkanes of at least 4 members (excludes halogenated alkanes) is 16. The summed E-state index contributed by atoms with van der Waals surface area (Å²) in [5.41, 5.74) is 0. The number of rotatable bonds is 22. The predicted octanol–water partition coefficient (Wildman–Crippen LogP) is 9.21. The average Bonchev–Trinajstić information content (AvgIpc) is 2.65. The van der Waals surface area contributed by atoms with E-state index in [-0.39, 0.29) is 0 Å². The second-order valence-corrected chi connectivity index (χ2v) is 8.41. The van der Waals surface area contributed by atoms with Crippen LogP contribution in [0.4, 0.5) is 0 Å². The van der Waals surface area contributed by atoms with Crippen molar-refractivity contribution in [3.63, 3.8) is 0 Å². The summed E-state index contributed by atoms with van der Waals surface area (Å²) in [5.74, 6) is 0.557. The molecule has 0 aliphatic heterocycles. The van der Waals surface area contributed by atoms with Crippen LogP contribution >= 0.6 is 0 Å². The monoisotopic (exact) mass is 367 g/mol. The van der Waals surface area contributed by atoms with E-state index in [0.29, 0.717) is 12.5 Å². The van der Waals surface area contributed by atoms with Crippen molar-refractivity contribution in [1.29, 1.82) is 0 Å². The summed E-state index contributed by atoms with van der Waals surface area (Å²) in [6.07, 6.45) is 27.3. The second-order valence-electron chi connectivity index (χ2n) is 8.41. The topological polar surface area (TPSA) is 29.4 Å². The lowest BCUT2D eigenvalue weighted by Gasteiger charge is -2.13. The average molecular weight is 368 g/mol. The minimum atomic E-state index is 0.550. The molecule has 0 spiro atoms. The smallest absolute Gasteiger partial charge is 0.0839 e. The minimum absolute atomic E-state index is 0.550. The second kappa shape index (κ2) is 22.6. The normalized spacial score (nSPS) is 11.3. The Kier molecular flexibility index (Phi) is 22.3. The molecule has 0 aromatic carbocycles. The van der Waals surface area contributed by atoms with E-state index in [4.69, 9.17) is 0 Å². The minimum Gasteiger partial charge on any atom is -0.151 e. The number of nitroso groups, excluding NO2 is 1. The molecule has 156 valence electrons. The Labute approximate surface area is 165 Å². The summed E-state index contributed by atoms with van der Waals surface area (Å²) >= 11 is 0. The van der Waals surface area contributed by atoms with Gasteiger partial charge in [0.15, 0.2) is 0 Å². The van der Waals surface area contributed by atoms with Gasteiger partial charge in [-0.25, -0.2) is 0 Å². The van der Waals surface area contributed by atoms with E-state index in [0.717, 1.165) is 0 Å². The third-order valence-electron chi connectivity index (χ3n) is 5.76. The van der Waals surface area contributed by atoms with Crippen LogP contribution in [-0.4, -0.2) is 6.54 Å². The van der Waals surface area contributed by atoms with Crippen LogP contribution in [0.5, 0.6) is 0 Å². The Bertz CT molecular complexity index is 245. The van der Waals surface area contributed by atoms with E-state index in [1.54, 1.807) is 0 Å². The molecule has 0 saturated heterocycles. The SMILES string of the molecule is CCCCCCCCCCCC(CCCCCCCCCCC)CN=O. The van der Waals surface area contributed by atoms with Crippen molar-refractivity contribution in [2.45, 2.75) is 142 Å². The molecule has 0 atom stereocenters. The summed E-state index contributed by atoms with van der Waals surface area (Å²) in [6, 6.07) is 0. The molecule has 0 rings (SSSR count). The fourth-order valence-electron chi connectivity index (χ4n) is 3.92. The van der Waals surface area contributed by atoms with E-state index in [2.05, 4.69) is 19.0 Å². The van der Waals surface area contributed by atoms with Gasteiger partial charge in [-0.05, 0) is 18.8 Å². The zero-order valence-electron chi connectivity index (χ0n) is 18.3. The maximum absolute atomic E-state index is 10.7. The lowest BCUT2D eigenvalue weighted by Crippen LogP contribution is -2.04. The first-order valence-corrected chi connectivity index (χ1v) is 12.1. The van der Waals surface area contributed by atoms with Crippen LogP contribution in [0.25, 0.3) is 0 Å². The zero-order chi connectivity index (χ0) is 19.1. The van der Waals surface area contributed by atoms with Gasteiger partial charge in [0.2, 0.25) is 0 Å². The summed E-state index contributed by atoms with van der Waals surface area (Å²) in [7, 11) is 0. The number of hydrogen-bond acceptors (Lipinski definition) is 2. The highest BCUT2D eigenvalue weighted by molar-refractivity contribution is 4.63. The van der Waals surface area contributed by atoms with Crippen LogP contribution < -0.4 is 0 Å². The van der Waals surface area contributed by atoms with Gasteiger partial charge in [0, 0.05) is 0 Å². The molecule has 2 heteroatoms. The summed E-state index contributed by atoms with van der Waals surface area (Å²) < 4.78 is 0. The third kappa shape index (κ3) is 19.9. The summed E-state index contributed by atoms with van der Waals surface area (Å²) in [5, 5.41) is 3.20. The lowest BCUT2D eigenvalue weighted by atomic mass is 9.94. The highest BCUT2D eigenvalue weighted by atomic mass is 16.3. The Morgan fingerprint density at radius 2 is 0.808 bits per heavy atom. The maximum Gasteiger partial charge on any atom is 0.0839 e. The number of nitrogens with zero attached hydrogens (tertiary/aromatic N) is 1. The van der Waals surface area contributed by atoms with Gasteiger partial charge in [0.25, 0.3) is 0 Å². The van der Waals surface area contributed by atoms with Crippen LogP contribution in [0.1, 0.15) is 142 Å². The van der Waals surface area contributed by atoms with Crippen LogP contribution in [-0.2, 0) is 0 Å². The molecule has 0 aromatic heterocycles. The first-order valence-electron chi connectivity index (χ1n) is 12.1. The summed E-state index contributed by atoms with van der Waals surface area (Å²) in [4.78, 5) is 10.7. The molecule has 0 bridgehead atoms. The molecular formula is C24H49NO. The molecule has 26 heavy (non-hydrogen) atoms. The molecule has 0 heterocycles. The highest BCUT2D eigenvalue weighted by Gasteiger charge is 2.08. The van der Waals surface area contributed by atoms with Crippen LogP contribution in [0, 0.1) is 10.8 Å². The van der Waals surface area contributed by atoms with Gasteiger partial charge in [-0.3, -0.25) is 0 Å². The van der Waals surface area contributed by atoms with Gasteiger partial charge < -0.3 is 0 Å². The first-order chi connectivity index (χ1) is 12.8. The van der Waals surface area contributed by atoms with Crippen molar-refractivity contribution in [2.24, 2.45) is 11.1 Å². The van der Waals surface area contributed by atoms with Crippen molar-refractivity contribution in [3.05, 3.63) is 4.91 Å². The fourth-order valence-corrected chi connectivity index (χ4v) is 3.92. The molecule has 0 unspecified atom stereocenters. The van der Waals surface area contributed by atoms with E-state index < -0.39 is 0 Å². The van der Waals surface area contributed by atoms with E-state index in [9.17, 15) is 4.91 Å². The number of hydrogen-bond donors (Lipinski definition) is 0. The van der Waals surface area contributed by atoms with Crippen LogP contribution in [0.3, 0.4) is 0 Å². The molecule has 0 radical (unpaired) electrons. The summed E-state index contributed by atoms with van der Waals surface area (Å²) in [6.45, 7) is 5.10. The first kappa shape index (κ1) is 25.6. The van der Waals surface area contributed by atoms with Crippen molar-refractivity contribution < 1.29 is 0 Å². The molecule has 0 aromatic rings. The zero-order valence-corrected chi connectivity index (χ0v) is 18.3. The van der Waals surface area contributed by atoms with Gasteiger partial charge in [-0.1, -0.05) is 135 Å². The van der Waals surface area contributed by atoms with Gasteiger partial charge in [0.05, 0.1) is 6.54 Å². The Morgan fingerprint density at radius 3 is 1.12 bits per heavy atom. The Balaban J connectivity index is 3.43. The molecule has 0 aliphatic carbocycles. The van der Waals surface area contributed by atoms with Gasteiger partial charge in [-0.2, -0.15) is 4.91 Å². The molecule has 2 nitrogen and oxygen atoms in total. The molecule has 0 amide bonds. The fraction of sp³-hybridized carbons (Fsp3) is 1.00. The molecule has 0 saturated carbocycles. The molecule has 0 N–H and O–H groups in total. The molecule has 0 aliphatic rings. The highest BCUT2D eigenvalue weighted by Crippen LogP contribution is 2.20. The largest absolute Gasteiger partial charge is 0.151 e. The van der Waals surface area contributed by atoms with Gasteiger partial charge in [0.1, 0.15) is 0 Å².